The number of anilines is 1. The van der Waals surface area contributed by atoms with Crippen LogP contribution in [0.2, 0.25) is 0 Å². The first-order valence-electron chi connectivity index (χ1n) is 12.5. The summed E-state index contributed by atoms with van der Waals surface area (Å²) in [5.41, 5.74) is 1.78. The van der Waals surface area contributed by atoms with Gasteiger partial charge in [0.1, 0.15) is 17.2 Å². The van der Waals surface area contributed by atoms with Gasteiger partial charge in [-0.05, 0) is 50.7 Å². The number of para-hydroxylation sites is 1. The molecule has 194 valence electrons. The summed E-state index contributed by atoms with van der Waals surface area (Å²) < 4.78 is 42.9. The molecule has 2 atom stereocenters. The first-order valence-corrected chi connectivity index (χ1v) is 12.5. The van der Waals surface area contributed by atoms with Crippen LogP contribution in [-0.4, -0.2) is 51.0 Å². The number of fused-ring (bicyclic) bond motifs is 2. The molecule has 2 bridgehead atoms. The van der Waals surface area contributed by atoms with Gasteiger partial charge in [0.15, 0.2) is 0 Å². The highest BCUT2D eigenvalue weighted by atomic mass is 19.3. The predicted molar refractivity (Wildman–Crippen MR) is 127 cm³/mol. The lowest BCUT2D eigenvalue weighted by molar-refractivity contribution is -0.0494. The van der Waals surface area contributed by atoms with Crippen LogP contribution in [0.15, 0.2) is 41.2 Å². The number of carboxylic acid groups (broad SMARTS) is 1. The molecule has 37 heavy (non-hydrogen) atoms. The van der Waals surface area contributed by atoms with Crippen molar-refractivity contribution in [2.45, 2.75) is 75.8 Å². The van der Waals surface area contributed by atoms with Gasteiger partial charge in [0, 0.05) is 41.5 Å². The molecule has 11 heteroatoms. The van der Waals surface area contributed by atoms with Gasteiger partial charge in [-0.25, -0.2) is 14.8 Å². The monoisotopic (exact) mass is 512 g/mol. The first kappa shape index (κ1) is 23.8. The number of hydrogen-bond acceptors (Lipinski definition) is 8. The van der Waals surface area contributed by atoms with E-state index in [0.29, 0.717) is 17.2 Å². The van der Waals surface area contributed by atoms with E-state index in [1.807, 2.05) is 0 Å². The van der Waals surface area contributed by atoms with E-state index in [0.717, 1.165) is 49.8 Å². The minimum absolute atomic E-state index is 0.00518. The number of hydrogen-bond donors (Lipinski definition) is 1. The van der Waals surface area contributed by atoms with Gasteiger partial charge in [-0.2, -0.15) is 8.78 Å². The second-order valence-electron chi connectivity index (χ2n) is 9.80. The number of ether oxygens (including phenoxy) is 2. The van der Waals surface area contributed by atoms with Crippen LogP contribution in [0.25, 0.3) is 11.3 Å². The Bertz CT molecular complexity index is 1270. The topological polar surface area (TPSA) is 111 Å². The number of benzene rings is 1. The third-order valence-corrected chi connectivity index (χ3v) is 7.39. The summed E-state index contributed by atoms with van der Waals surface area (Å²) in [5.74, 6) is 0.573. The molecule has 1 aromatic carbocycles. The molecule has 3 fully saturated rings. The average molecular weight is 513 g/mol. The van der Waals surface area contributed by atoms with Gasteiger partial charge >= 0.3 is 12.6 Å². The predicted octanol–water partition coefficient (Wildman–Crippen LogP) is 5.03. The molecule has 0 radical (unpaired) electrons. The van der Waals surface area contributed by atoms with Gasteiger partial charge in [0.05, 0.1) is 18.3 Å². The van der Waals surface area contributed by atoms with Crippen LogP contribution in [0.5, 0.6) is 5.75 Å². The summed E-state index contributed by atoms with van der Waals surface area (Å²) >= 11 is 0. The standard InChI is InChI=1S/C26H26F2N4O5/c27-25(28)36-21-4-2-1-3-19(21)22-20(23(37-31-22)14-5-6-14)13-35-18-9-16-7-8-17(10-18)32(16)26-29-11-15(12-30-26)24(33)34/h1-4,11-12,14,16-18,25H,5-10,13H2,(H,33,34). The summed E-state index contributed by atoms with van der Waals surface area (Å²) in [6, 6.07) is 6.98. The van der Waals surface area contributed by atoms with Crippen LogP contribution in [-0.2, 0) is 11.3 Å². The van der Waals surface area contributed by atoms with E-state index < -0.39 is 12.6 Å². The SMILES string of the molecule is O=C(O)c1cnc(N2C3CCC2CC(OCc2c(-c4ccccc4OC(F)F)noc2C2CC2)C3)nc1. The van der Waals surface area contributed by atoms with Crippen LogP contribution in [0, 0.1) is 0 Å². The molecule has 2 aliphatic heterocycles. The minimum Gasteiger partial charge on any atom is -0.478 e. The van der Waals surface area contributed by atoms with E-state index in [2.05, 4.69) is 20.0 Å². The molecule has 2 saturated heterocycles. The number of nitrogens with zero attached hydrogens (tertiary/aromatic N) is 4. The lowest BCUT2D eigenvalue weighted by atomic mass is 9.99. The Morgan fingerprint density at radius 3 is 2.46 bits per heavy atom. The number of carboxylic acids is 1. The van der Waals surface area contributed by atoms with Crippen LogP contribution in [0.4, 0.5) is 14.7 Å². The van der Waals surface area contributed by atoms with Gasteiger partial charge in [-0.1, -0.05) is 17.3 Å². The number of aromatic carboxylic acids is 1. The molecule has 1 saturated carbocycles. The summed E-state index contributed by atoms with van der Waals surface area (Å²) in [6.07, 6.45) is 8.21. The first-order chi connectivity index (χ1) is 18.0. The smallest absolute Gasteiger partial charge is 0.387 e. The van der Waals surface area contributed by atoms with Gasteiger partial charge < -0.3 is 24.0 Å². The van der Waals surface area contributed by atoms with Gasteiger partial charge in [-0.15, -0.1) is 0 Å². The quantitative estimate of drug-likeness (QED) is 0.422. The molecule has 6 rings (SSSR count). The van der Waals surface area contributed by atoms with Crippen molar-refractivity contribution in [3.8, 4) is 17.0 Å². The Labute approximate surface area is 211 Å². The van der Waals surface area contributed by atoms with E-state index >= 15 is 0 Å². The lowest BCUT2D eigenvalue weighted by Crippen LogP contribution is -2.46. The summed E-state index contributed by atoms with van der Waals surface area (Å²) in [4.78, 5) is 21.9. The van der Waals surface area contributed by atoms with Crippen LogP contribution in [0.1, 0.15) is 66.1 Å². The maximum Gasteiger partial charge on any atom is 0.387 e. The third-order valence-electron chi connectivity index (χ3n) is 7.39. The Morgan fingerprint density at radius 2 is 1.81 bits per heavy atom. The molecule has 3 aromatic rings. The van der Waals surface area contributed by atoms with E-state index in [-0.39, 0.29) is 42.0 Å². The van der Waals surface area contributed by atoms with Crippen molar-refractivity contribution >= 4 is 11.9 Å². The van der Waals surface area contributed by atoms with Gasteiger partial charge in [-0.3, -0.25) is 0 Å². The lowest BCUT2D eigenvalue weighted by Gasteiger charge is -2.38. The zero-order chi connectivity index (χ0) is 25.5. The number of halogens is 2. The maximum atomic E-state index is 13.0. The molecular weight excluding hydrogens is 486 g/mol. The van der Waals surface area contributed by atoms with E-state index in [4.69, 9.17) is 19.1 Å². The summed E-state index contributed by atoms with van der Waals surface area (Å²) in [7, 11) is 0. The number of alkyl halides is 2. The Morgan fingerprint density at radius 1 is 1.11 bits per heavy atom. The molecule has 9 nitrogen and oxygen atoms in total. The number of carbonyl (C=O) groups is 1. The highest BCUT2D eigenvalue weighted by molar-refractivity contribution is 5.86. The van der Waals surface area contributed by atoms with E-state index in [1.54, 1.807) is 18.2 Å². The van der Waals surface area contributed by atoms with Crippen molar-refractivity contribution in [3.05, 3.63) is 53.5 Å². The number of rotatable bonds is 9. The highest BCUT2D eigenvalue weighted by Crippen LogP contribution is 2.46. The largest absolute Gasteiger partial charge is 0.478 e. The van der Waals surface area contributed by atoms with Gasteiger partial charge in [0.2, 0.25) is 5.95 Å². The molecule has 1 aliphatic carbocycles. The molecular formula is C26H26F2N4O5. The zero-order valence-corrected chi connectivity index (χ0v) is 19.9. The van der Waals surface area contributed by atoms with Crippen LogP contribution in [0.3, 0.4) is 0 Å². The number of piperidine rings is 1. The molecule has 0 spiro atoms. The second-order valence-corrected chi connectivity index (χ2v) is 9.80. The van der Waals surface area contributed by atoms with E-state index in [9.17, 15) is 13.6 Å². The molecule has 4 heterocycles. The van der Waals surface area contributed by atoms with Crippen molar-refractivity contribution in [3.63, 3.8) is 0 Å². The summed E-state index contributed by atoms with van der Waals surface area (Å²) in [5, 5.41) is 13.4. The molecule has 2 aromatic heterocycles. The van der Waals surface area contributed by atoms with Crippen LogP contribution < -0.4 is 9.64 Å². The molecule has 2 unspecified atom stereocenters. The highest BCUT2D eigenvalue weighted by Gasteiger charge is 2.43. The molecule has 3 aliphatic rings. The van der Waals surface area contributed by atoms with Crippen molar-refractivity contribution in [1.82, 2.24) is 15.1 Å². The Kier molecular flexibility index (Phi) is 6.23. The Hall–Kier alpha value is -3.60. The fourth-order valence-corrected chi connectivity index (χ4v) is 5.56. The molecule has 0 amide bonds. The minimum atomic E-state index is -2.94. The fourth-order valence-electron chi connectivity index (χ4n) is 5.56. The van der Waals surface area contributed by atoms with Gasteiger partial charge in [0.25, 0.3) is 0 Å². The maximum absolute atomic E-state index is 13.0. The second kappa shape index (κ2) is 9.70. The van der Waals surface area contributed by atoms with Crippen molar-refractivity contribution in [2.24, 2.45) is 0 Å². The van der Waals surface area contributed by atoms with Crippen LogP contribution >= 0.6 is 0 Å². The fraction of sp³-hybridized carbons (Fsp3) is 0.462. The van der Waals surface area contributed by atoms with Crippen molar-refractivity contribution in [2.75, 3.05) is 4.90 Å². The Balaban J connectivity index is 1.19. The molecule has 1 N–H and O–H groups in total. The van der Waals surface area contributed by atoms with Crippen molar-refractivity contribution in [1.29, 1.82) is 0 Å². The summed E-state index contributed by atoms with van der Waals surface area (Å²) in [6.45, 7) is -2.68. The number of aromatic nitrogens is 3. The van der Waals surface area contributed by atoms with Crippen molar-refractivity contribution < 1.29 is 32.7 Å². The average Bonchev–Trinajstić information content (AvgIpc) is 3.59. The third kappa shape index (κ3) is 4.75. The zero-order valence-electron chi connectivity index (χ0n) is 19.9. The normalized spacial score (nSPS) is 23.0. The van der Waals surface area contributed by atoms with E-state index in [1.165, 1.54) is 18.5 Å².